The fourth-order valence-electron chi connectivity index (χ4n) is 3.62. The Balaban J connectivity index is 1.88. The Kier molecular flexibility index (Phi) is 8.21. The zero-order valence-corrected chi connectivity index (χ0v) is 18.4. The standard InChI is InChI=1S/C20H30O13/c1-27-10-4-9(5-11(28-2)15(10)29-3)31-18-16(14(24)13(23)12(6-21)32-18)33-19-17(25)20(26,7-22)8-30-19/h4-5,12-14,16-19,21-26H,6-8H2,1-3H3/t12-,13+,14+,16-,17+,18+,19+,20-/m0/s1. The van der Waals surface area contributed by atoms with Crippen LogP contribution in [0.4, 0.5) is 0 Å². The molecule has 8 atom stereocenters. The number of hydrogen-bond donors (Lipinski definition) is 6. The van der Waals surface area contributed by atoms with E-state index in [9.17, 15) is 30.6 Å². The molecule has 0 amide bonds. The highest BCUT2D eigenvalue weighted by Crippen LogP contribution is 2.42. The van der Waals surface area contributed by atoms with E-state index in [1.807, 2.05) is 0 Å². The Morgan fingerprint density at radius 2 is 1.61 bits per heavy atom. The second-order valence-electron chi connectivity index (χ2n) is 7.67. The molecule has 2 saturated heterocycles. The van der Waals surface area contributed by atoms with Gasteiger partial charge in [-0.2, -0.15) is 0 Å². The summed E-state index contributed by atoms with van der Waals surface area (Å²) in [7, 11) is 4.25. The molecule has 0 bridgehead atoms. The first-order chi connectivity index (χ1) is 15.7. The van der Waals surface area contributed by atoms with Crippen LogP contribution in [0, 0.1) is 0 Å². The molecule has 0 unspecified atom stereocenters. The third-order valence-electron chi connectivity index (χ3n) is 5.59. The maximum atomic E-state index is 10.6. The molecule has 13 heteroatoms. The monoisotopic (exact) mass is 478 g/mol. The molecule has 2 heterocycles. The fraction of sp³-hybridized carbons (Fsp3) is 0.700. The minimum absolute atomic E-state index is 0.142. The lowest BCUT2D eigenvalue weighted by Gasteiger charge is -2.42. The largest absolute Gasteiger partial charge is 0.493 e. The average Bonchev–Trinajstić information content (AvgIpc) is 3.11. The summed E-state index contributed by atoms with van der Waals surface area (Å²) in [6, 6.07) is 2.91. The predicted octanol–water partition coefficient (Wildman–Crippen LogP) is -2.64. The maximum Gasteiger partial charge on any atom is 0.229 e. The molecule has 2 aliphatic heterocycles. The van der Waals surface area contributed by atoms with Gasteiger partial charge in [-0.1, -0.05) is 0 Å². The van der Waals surface area contributed by atoms with Crippen molar-refractivity contribution in [2.45, 2.75) is 48.7 Å². The van der Waals surface area contributed by atoms with Crippen LogP contribution in [0.2, 0.25) is 0 Å². The number of aliphatic hydroxyl groups excluding tert-OH is 5. The highest BCUT2D eigenvalue weighted by molar-refractivity contribution is 5.55. The number of aliphatic hydroxyl groups is 6. The molecule has 0 radical (unpaired) electrons. The molecule has 1 aromatic carbocycles. The first-order valence-electron chi connectivity index (χ1n) is 10.1. The predicted molar refractivity (Wildman–Crippen MR) is 107 cm³/mol. The zero-order chi connectivity index (χ0) is 24.3. The lowest BCUT2D eigenvalue weighted by atomic mass is 9.98. The van der Waals surface area contributed by atoms with Crippen molar-refractivity contribution in [1.29, 1.82) is 0 Å². The summed E-state index contributed by atoms with van der Waals surface area (Å²) in [6.45, 7) is -1.86. The van der Waals surface area contributed by atoms with Crippen molar-refractivity contribution >= 4 is 0 Å². The van der Waals surface area contributed by atoms with Crippen molar-refractivity contribution in [2.75, 3.05) is 41.2 Å². The minimum Gasteiger partial charge on any atom is -0.493 e. The van der Waals surface area contributed by atoms with Gasteiger partial charge in [0, 0.05) is 12.1 Å². The molecule has 33 heavy (non-hydrogen) atoms. The molecular weight excluding hydrogens is 448 g/mol. The SMILES string of the molecule is COc1cc(O[C@@H]2O[C@@H](CO)[C@@H](O)[C@@H](O)[C@@H]2O[C@H]2OC[C@@](O)(CO)[C@@H]2O)cc(OC)c1OC. The smallest absolute Gasteiger partial charge is 0.229 e. The van der Waals surface area contributed by atoms with Gasteiger partial charge in [-0.15, -0.1) is 0 Å². The van der Waals surface area contributed by atoms with Crippen LogP contribution in [0.25, 0.3) is 0 Å². The van der Waals surface area contributed by atoms with Crippen LogP contribution in [0.3, 0.4) is 0 Å². The molecule has 2 aliphatic rings. The Morgan fingerprint density at radius 3 is 2.09 bits per heavy atom. The van der Waals surface area contributed by atoms with E-state index in [1.165, 1.54) is 33.5 Å². The van der Waals surface area contributed by atoms with Crippen LogP contribution in [0.15, 0.2) is 12.1 Å². The van der Waals surface area contributed by atoms with Crippen LogP contribution in [-0.2, 0) is 14.2 Å². The minimum atomic E-state index is -1.97. The van der Waals surface area contributed by atoms with Gasteiger partial charge in [-0.25, -0.2) is 0 Å². The topological polar surface area (TPSA) is 186 Å². The van der Waals surface area contributed by atoms with E-state index in [1.54, 1.807) is 0 Å². The summed E-state index contributed by atoms with van der Waals surface area (Å²) in [5.41, 5.74) is -1.97. The van der Waals surface area contributed by atoms with Crippen LogP contribution < -0.4 is 18.9 Å². The Bertz CT molecular complexity index is 766. The van der Waals surface area contributed by atoms with Crippen LogP contribution in [0.1, 0.15) is 0 Å². The van der Waals surface area contributed by atoms with Crippen molar-refractivity contribution in [3.63, 3.8) is 0 Å². The highest BCUT2D eigenvalue weighted by atomic mass is 16.8. The van der Waals surface area contributed by atoms with E-state index in [0.717, 1.165) is 0 Å². The van der Waals surface area contributed by atoms with Gasteiger partial charge in [0.05, 0.1) is 41.2 Å². The van der Waals surface area contributed by atoms with Gasteiger partial charge >= 0.3 is 0 Å². The molecular formula is C20H30O13. The van der Waals surface area contributed by atoms with Crippen molar-refractivity contribution in [3.8, 4) is 23.0 Å². The third kappa shape index (κ3) is 4.96. The Hall–Kier alpha value is -1.94. The van der Waals surface area contributed by atoms with Crippen molar-refractivity contribution in [1.82, 2.24) is 0 Å². The number of rotatable bonds is 9. The molecule has 2 fully saturated rings. The fourth-order valence-corrected chi connectivity index (χ4v) is 3.62. The quantitative estimate of drug-likeness (QED) is 0.216. The Labute approximate surface area is 189 Å². The van der Waals surface area contributed by atoms with Crippen molar-refractivity contribution in [3.05, 3.63) is 12.1 Å². The van der Waals surface area contributed by atoms with E-state index < -0.39 is 68.5 Å². The first kappa shape index (κ1) is 25.7. The molecule has 0 aliphatic carbocycles. The molecule has 0 saturated carbocycles. The van der Waals surface area contributed by atoms with Crippen molar-refractivity contribution < 1.29 is 63.8 Å². The van der Waals surface area contributed by atoms with E-state index in [4.69, 9.17) is 33.2 Å². The van der Waals surface area contributed by atoms with Crippen LogP contribution >= 0.6 is 0 Å². The van der Waals surface area contributed by atoms with Gasteiger partial charge in [0.1, 0.15) is 35.8 Å². The second-order valence-corrected chi connectivity index (χ2v) is 7.67. The Morgan fingerprint density at radius 1 is 0.970 bits per heavy atom. The highest BCUT2D eigenvalue weighted by Gasteiger charge is 2.53. The number of hydrogen-bond acceptors (Lipinski definition) is 13. The van der Waals surface area contributed by atoms with Crippen LogP contribution in [-0.4, -0.2) is 120 Å². The van der Waals surface area contributed by atoms with E-state index in [0.29, 0.717) is 5.75 Å². The molecule has 6 N–H and O–H groups in total. The zero-order valence-electron chi connectivity index (χ0n) is 18.4. The summed E-state index contributed by atoms with van der Waals surface area (Å²) in [5.74, 6) is 0.978. The summed E-state index contributed by atoms with van der Waals surface area (Å²) in [5, 5.41) is 60.3. The van der Waals surface area contributed by atoms with Gasteiger partial charge in [-0.05, 0) is 0 Å². The summed E-state index contributed by atoms with van der Waals surface area (Å²) in [4.78, 5) is 0. The van der Waals surface area contributed by atoms with Crippen molar-refractivity contribution in [2.24, 2.45) is 0 Å². The third-order valence-corrected chi connectivity index (χ3v) is 5.59. The van der Waals surface area contributed by atoms with Gasteiger partial charge in [0.2, 0.25) is 12.0 Å². The van der Waals surface area contributed by atoms with E-state index in [-0.39, 0.29) is 17.2 Å². The van der Waals surface area contributed by atoms with Gasteiger partial charge < -0.3 is 63.8 Å². The second kappa shape index (κ2) is 10.5. The molecule has 188 valence electrons. The normalized spacial score (nSPS) is 36.5. The lowest BCUT2D eigenvalue weighted by Crippen LogP contribution is -2.62. The molecule has 0 spiro atoms. The van der Waals surface area contributed by atoms with E-state index in [2.05, 4.69) is 0 Å². The van der Waals surface area contributed by atoms with Gasteiger partial charge in [0.25, 0.3) is 0 Å². The number of benzene rings is 1. The summed E-state index contributed by atoms with van der Waals surface area (Å²) in [6.07, 6.45) is -10.4. The van der Waals surface area contributed by atoms with Gasteiger partial charge in [-0.3, -0.25) is 0 Å². The molecule has 13 nitrogen and oxygen atoms in total. The molecule has 3 rings (SSSR count). The number of methoxy groups -OCH3 is 3. The molecule has 1 aromatic rings. The summed E-state index contributed by atoms with van der Waals surface area (Å²) < 4.78 is 38.1. The molecule has 0 aromatic heterocycles. The first-order valence-corrected chi connectivity index (χ1v) is 10.1. The lowest BCUT2D eigenvalue weighted by molar-refractivity contribution is -0.318. The average molecular weight is 478 g/mol. The number of ether oxygens (including phenoxy) is 7. The van der Waals surface area contributed by atoms with E-state index >= 15 is 0 Å². The van der Waals surface area contributed by atoms with Crippen LogP contribution in [0.5, 0.6) is 23.0 Å². The summed E-state index contributed by atoms with van der Waals surface area (Å²) >= 11 is 0. The van der Waals surface area contributed by atoms with Gasteiger partial charge in [0.15, 0.2) is 23.9 Å². The maximum absolute atomic E-state index is 10.6.